The van der Waals surface area contributed by atoms with Crippen LogP contribution in [0.1, 0.15) is 32.1 Å². The van der Waals surface area contributed by atoms with Gasteiger partial charge in [0.15, 0.2) is 0 Å². The summed E-state index contributed by atoms with van der Waals surface area (Å²) in [4.78, 5) is 0. The van der Waals surface area contributed by atoms with Crippen molar-refractivity contribution < 1.29 is 8.42 Å². The van der Waals surface area contributed by atoms with Gasteiger partial charge in [-0.1, -0.05) is 6.42 Å². The number of hydrogen-bond donors (Lipinski definition) is 2. The predicted molar refractivity (Wildman–Crippen MR) is 80.4 cm³/mol. The number of thioether (sulfide) groups is 1. The molecule has 7 heteroatoms. The van der Waals surface area contributed by atoms with Crippen LogP contribution >= 0.6 is 11.8 Å². The first-order valence-corrected chi connectivity index (χ1v) is 9.67. The summed E-state index contributed by atoms with van der Waals surface area (Å²) >= 11 is 1.89. The van der Waals surface area contributed by atoms with Crippen molar-refractivity contribution in [1.82, 2.24) is 9.03 Å². The molecule has 2 rings (SSSR count). The molecule has 19 heavy (non-hydrogen) atoms. The summed E-state index contributed by atoms with van der Waals surface area (Å²) in [6, 6.07) is 0. The van der Waals surface area contributed by atoms with Gasteiger partial charge in [-0.25, -0.2) is 4.72 Å². The van der Waals surface area contributed by atoms with Crippen LogP contribution in [0.4, 0.5) is 0 Å². The average molecular weight is 307 g/mol. The molecule has 2 fully saturated rings. The molecule has 0 radical (unpaired) electrons. The van der Waals surface area contributed by atoms with E-state index in [-0.39, 0.29) is 0 Å². The third-order valence-corrected chi connectivity index (χ3v) is 6.86. The second-order valence-corrected chi connectivity index (χ2v) is 8.61. The molecular weight excluding hydrogens is 282 g/mol. The molecule has 2 atom stereocenters. The normalized spacial score (nSPS) is 30.4. The third-order valence-electron chi connectivity index (χ3n) is 3.92. The zero-order chi connectivity index (χ0) is 13.7. The number of rotatable bonds is 5. The molecule has 2 heterocycles. The van der Waals surface area contributed by atoms with E-state index in [0.29, 0.717) is 37.3 Å². The van der Waals surface area contributed by atoms with Gasteiger partial charge in [-0.15, -0.1) is 0 Å². The highest BCUT2D eigenvalue weighted by molar-refractivity contribution is 8.00. The third kappa shape index (κ3) is 4.60. The van der Waals surface area contributed by atoms with Gasteiger partial charge in [-0.3, -0.25) is 0 Å². The van der Waals surface area contributed by atoms with Gasteiger partial charge in [0.1, 0.15) is 0 Å². The zero-order valence-electron chi connectivity index (χ0n) is 11.4. The molecule has 0 spiro atoms. The number of nitrogens with one attached hydrogen (secondary N) is 1. The lowest BCUT2D eigenvalue weighted by Gasteiger charge is -2.32. The molecule has 0 amide bonds. The second kappa shape index (κ2) is 7.26. The molecule has 5 nitrogen and oxygen atoms in total. The summed E-state index contributed by atoms with van der Waals surface area (Å²) in [6.45, 7) is 2.34. The van der Waals surface area contributed by atoms with Crippen molar-refractivity contribution in [2.45, 2.75) is 37.4 Å². The molecule has 3 N–H and O–H groups in total. The lowest BCUT2D eigenvalue weighted by Crippen LogP contribution is -2.48. The monoisotopic (exact) mass is 307 g/mol. The van der Waals surface area contributed by atoms with E-state index in [4.69, 9.17) is 5.73 Å². The molecule has 0 saturated carbocycles. The molecule has 2 aliphatic rings. The fraction of sp³-hybridized carbons (Fsp3) is 1.00. The van der Waals surface area contributed by atoms with Crippen LogP contribution in [0.15, 0.2) is 0 Å². The first-order valence-electron chi connectivity index (χ1n) is 7.18. The molecule has 0 bridgehead atoms. The zero-order valence-corrected chi connectivity index (χ0v) is 13.0. The van der Waals surface area contributed by atoms with E-state index in [9.17, 15) is 8.42 Å². The Labute approximate surface area is 120 Å². The minimum Gasteiger partial charge on any atom is -0.330 e. The molecule has 0 aliphatic carbocycles. The molecule has 2 saturated heterocycles. The van der Waals surface area contributed by atoms with Gasteiger partial charge in [-0.05, 0) is 43.9 Å². The standard InChI is InChI=1S/C12H25N3O2S2/c13-8-11-4-3-6-15(10-11)19(16,17)14-9-12-5-1-2-7-18-12/h11-12,14H,1-10,13H2. The molecule has 112 valence electrons. The van der Waals surface area contributed by atoms with Crippen LogP contribution in [-0.4, -0.2) is 49.9 Å². The van der Waals surface area contributed by atoms with Gasteiger partial charge >= 0.3 is 0 Å². The second-order valence-electron chi connectivity index (χ2n) is 5.44. The number of hydrogen-bond acceptors (Lipinski definition) is 4. The maximum atomic E-state index is 12.3. The van der Waals surface area contributed by atoms with Crippen molar-refractivity contribution in [3.05, 3.63) is 0 Å². The van der Waals surface area contributed by atoms with Gasteiger partial charge in [0.25, 0.3) is 10.2 Å². The van der Waals surface area contributed by atoms with E-state index in [0.717, 1.165) is 25.0 Å². The van der Waals surface area contributed by atoms with Crippen molar-refractivity contribution in [2.24, 2.45) is 11.7 Å². The van der Waals surface area contributed by atoms with E-state index in [2.05, 4.69) is 4.72 Å². The molecule has 0 aromatic rings. The molecular formula is C12H25N3O2S2. The minimum atomic E-state index is -3.31. The van der Waals surface area contributed by atoms with Gasteiger partial charge in [-0.2, -0.15) is 24.5 Å². The van der Waals surface area contributed by atoms with E-state index in [1.165, 1.54) is 12.8 Å². The van der Waals surface area contributed by atoms with E-state index in [1.54, 1.807) is 4.31 Å². The first-order chi connectivity index (χ1) is 9.12. The number of nitrogens with zero attached hydrogens (tertiary/aromatic N) is 1. The Balaban J connectivity index is 1.83. The van der Waals surface area contributed by atoms with E-state index in [1.807, 2.05) is 11.8 Å². The molecule has 0 aromatic carbocycles. The van der Waals surface area contributed by atoms with Crippen LogP contribution in [0.25, 0.3) is 0 Å². The molecule has 0 aromatic heterocycles. The van der Waals surface area contributed by atoms with Gasteiger partial charge in [0, 0.05) is 24.9 Å². The Bertz CT molecular complexity index is 369. The van der Waals surface area contributed by atoms with Crippen LogP contribution in [0.2, 0.25) is 0 Å². The largest absolute Gasteiger partial charge is 0.330 e. The Morgan fingerprint density at radius 1 is 1.26 bits per heavy atom. The molecule has 2 aliphatic heterocycles. The minimum absolute atomic E-state index is 0.314. The molecule has 2 unspecified atom stereocenters. The summed E-state index contributed by atoms with van der Waals surface area (Å²) in [5.74, 6) is 1.47. The smallest absolute Gasteiger partial charge is 0.279 e. The van der Waals surface area contributed by atoms with Crippen LogP contribution in [0, 0.1) is 5.92 Å². The fourth-order valence-corrected chi connectivity index (χ4v) is 5.41. The summed E-state index contributed by atoms with van der Waals surface area (Å²) in [5, 5.41) is 0.443. The number of piperidine rings is 1. The van der Waals surface area contributed by atoms with Gasteiger partial charge < -0.3 is 5.73 Å². The Morgan fingerprint density at radius 3 is 2.79 bits per heavy atom. The highest BCUT2D eigenvalue weighted by Crippen LogP contribution is 2.25. The van der Waals surface area contributed by atoms with Crippen molar-refractivity contribution in [3.8, 4) is 0 Å². The Kier molecular flexibility index (Phi) is 5.95. The Hall–Kier alpha value is 0.180. The fourth-order valence-electron chi connectivity index (χ4n) is 2.70. The van der Waals surface area contributed by atoms with Crippen LogP contribution < -0.4 is 10.5 Å². The highest BCUT2D eigenvalue weighted by Gasteiger charge is 2.28. The van der Waals surface area contributed by atoms with Crippen LogP contribution in [0.3, 0.4) is 0 Å². The summed E-state index contributed by atoms with van der Waals surface area (Å²) < 4.78 is 28.9. The van der Waals surface area contributed by atoms with Crippen LogP contribution in [-0.2, 0) is 10.2 Å². The van der Waals surface area contributed by atoms with Gasteiger partial charge in [0.2, 0.25) is 0 Å². The first kappa shape index (κ1) is 15.6. The highest BCUT2D eigenvalue weighted by atomic mass is 32.2. The lowest BCUT2D eigenvalue weighted by atomic mass is 10.0. The van der Waals surface area contributed by atoms with Crippen molar-refractivity contribution in [1.29, 1.82) is 0 Å². The van der Waals surface area contributed by atoms with Gasteiger partial charge in [0.05, 0.1) is 0 Å². The van der Waals surface area contributed by atoms with Crippen molar-refractivity contribution >= 4 is 22.0 Å². The lowest BCUT2D eigenvalue weighted by molar-refractivity contribution is 0.268. The van der Waals surface area contributed by atoms with E-state index < -0.39 is 10.2 Å². The average Bonchev–Trinajstić information content (AvgIpc) is 2.46. The Morgan fingerprint density at radius 2 is 2.11 bits per heavy atom. The topological polar surface area (TPSA) is 75.4 Å². The predicted octanol–water partition coefficient (Wildman–Crippen LogP) is 0.777. The SMILES string of the molecule is NCC1CCCN(S(=O)(=O)NCC2CCCCS2)C1. The maximum absolute atomic E-state index is 12.3. The number of nitrogens with two attached hydrogens (primary N) is 1. The van der Waals surface area contributed by atoms with Crippen molar-refractivity contribution in [3.63, 3.8) is 0 Å². The summed E-state index contributed by atoms with van der Waals surface area (Å²) in [7, 11) is -3.31. The summed E-state index contributed by atoms with van der Waals surface area (Å²) in [5.41, 5.74) is 5.65. The maximum Gasteiger partial charge on any atom is 0.279 e. The van der Waals surface area contributed by atoms with Crippen molar-refractivity contribution in [2.75, 3.05) is 31.9 Å². The quantitative estimate of drug-likeness (QED) is 0.787. The van der Waals surface area contributed by atoms with Crippen LogP contribution in [0.5, 0.6) is 0 Å². The van der Waals surface area contributed by atoms with E-state index >= 15 is 0 Å². The summed E-state index contributed by atoms with van der Waals surface area (Å²) in [6.07, 6.45) is 5.57.